The number of aromatic nitrogens is 2. The SMILES string of the molecule is CC1CCC(O)C(CCc2cnn(C)c2)C1. The predicted molar refractivity (Wildman–Crippen MR) is 64.0 cm³/mol. The van der Waals surface area contributed by atoms with Gasteiger partial charge in [0.2, 0.25) is 0 Å². The first-order valence-electron chi connectivity index (χ1n) is 6.30. The van der Waals surface area contributed by atoms with E-state index in [4.69, 9.17) is 0 Å². The molecule has 2 rings (SSSR count). The molecule has 1 N–H and O–H groups in total. The molecule has 0 amide bonds. The molecule has 3 nitrogen and oxygen atoms in total. The Bertz CT molecular complexity index is 334. The third-order valence-corrected chi connectivity index (χ3v) is 3.77. The minimum absolute atomic E-state index is 0.0760. The highest BCUT2D eigenvalue weighted by atomic mass is 16.3. The van der Waals surface area contributed by atoms with Crippen LogP contribution in [0.2, 0.25) is 0 Å². The van der Waals surface area contributed by atoms with Crippen LogP contribution < -0.4 is 0 Å². The van der Waals surface area contributed by atoms with Crippen LogP contribution in [-0.2, 0) is 13.5 Å². The summed E-state index contributed by atoms with van der Waals surface area (Å²) in [6.07, 6.45) is 9.41. The summed E-state index contributed by atoms with van der Waals surface area (Å²) in [5.41, 5.74) is 1.29. The Kier molecular flexibility index (Phi) is 3.64. The second kappa shape index (κ2) is 5.00. The van der Waals surface area contributed by atoms with Gasteiger partial charge in [-0.1, -0.05) is 6.92 Å². The van der Waals surface area contributed by atoms with E-state index in [-0.39, 0.29) is 6.10 Å². The standard InChI is InChI=1S/C13H22N2O/c1-10-3-6-13(16)12(7-10)5-4-11-8-14-15(2)9-11/h8-10,12-13,16H,3-7H2,1-2H3. The molecule has 0 saturated heterocycles. The van der Waals surface area contributed by atoms with E-state index in [1.54, 1.807) is 0 Å². The van der Waals surface area contributed by atoms with Gasteiger partial charge in [0.15, 0.2) is 0 Å². The minimum atomic E-state index is -0.0760. The quantitative estimate of drug-likeness (QED) is 0.851. The van der Waals surface area contributed by atoms with E-state index >= 15 is 0 Å². The average Bonchev–Trinajstić information content (AvgIpc) is 2.66. The topological polar surface area (TPSA) is 38.1 Å². The Hall–Kier alpha value is -0.830. The van der Waals surface area contributed by atoms with Crippen LogP contribution in [0.5, 0.6) is 0 Å². The van der Waals surface area contributed by atoms with E-state index in [2.05, 4.69) is 18.2 Å². The lowest BCUT2D eigenvalue weighted by atomic mass is 9.78. The summed E-state index contributed by atoms with van der Waals surface area (Å²) in [5, 5.41) is 14.1. The van der Waals surface area contributed by atoms with Crippen LogP contribution in [0.4, 0.5) is 0 Å². The predicted octanol–water partition coefficient (Wildman–Crippen LogP) is 2.15. The van der Waals surface area contributed by atoms with E-state index < -0.39 is 0 Å². The fourth-order valence-corrected chi connectivity index (χ4v) is 2.75. The molecular weight excluding hydrogens is 200 g/mol. The number of aliphatic hydroxyl groups excluding tert-OH is 1. The Morgan fingerprint density at radius 3 is 3.00 bits per heavy atom. The highest BCUT2D eigenvalue weighted by Gasteiger charge is 2.26. The molecule has 3 heteroatoms. The molecule has 1 aliphatic rings. The maximum absolute atomic E-state index is 9.95. The van der Waals surface area contributed by atoms with Crippen LogP contribution in [-0.4, -0.2) is 21.0 Å². The number of rotatable bonds is 3. The van der Waals surface area contributed by atoms with Crippen LogP contribution in [0.25, 0.3) is 0 Å². The number of aryl methyl sites for hydroxylation is 2. The van der Waals surface area contributed by atoms with Crippen molar-refractivity contribution < 1.29 is 5.11 Å². The first-order chi connectivity index (χ1) is 7.65. The summed E-state index contributed by atoms with van der Waals surface area (Å²) in [4.78, 5) is 0. The lowest BCUT2D eigenvalue weighted by Gasteiger charge is -2.31. The molecule has 0 aliphatic heterocycles. The van der Waals surface area contributed by atoms with Crippen molar-refractivity contribution in [2.45, 2.75) is 45.1 Å². The molecule has 3 unspecified atom stereocenters. The van der Waals surface area contributed by atoms with Crippen molar-refractivity contribution in [3.8, 4) is 0 Å². The molecule has 0 bridgehead atoms. The Balaban J connectivity index is 1.84. The van der Waals surface area contributed by atoms with Crippen molar-refractivity contribution >= 4 is 0 Å². The Morgan fingerprint density at radius 2 is 2.31 bits per heavy atom. The van der Waals surface area contributed by atoms with Crippen molar-refractivity contribution in [3.05, 3.63) is 18.0 Å². The summed E-state index contributed by atoms with van der Waals surface area (Å²) in [5.74, 6) is 1.27. The number of hydrogen-bond acceptors (Lipinski definition) is 2. The smallest absolute Gasteiger partial charge is 0.0568 e. The van der Waals surface area contributed by atoms with Gasteiger partial charge in [0, 0.05) is 13.2 Å². The van der Waals surface area contributed by atoms with Crippen LogP contribution in [0.15, 0.2) is 12.4 Å². The lowest BCUT2D eigenvalue weighted by molar-refractivity contribution is 0.0476. The van der Waals surface area contributed by atoms with E-state index in [1.165, 1.54) is 18.4 Å². The molecule has 1 saturated carbocycles. The van der Waals surface area contributed by atoms with Gasteiger partial charge in [0.25, 0.3) is 0 Å². The van der Waals surface area contributed by atoms with Crippen molar-refractivity contribution in [3.63, 3.8) is 0 Å². The van der Waals surface area contributed by atoms with Gasteiger partial charge in [-0.15, -0.1) is 0 Å². The third kappa shape index (κ3) is 2.85. The molecule has 0 aromatic carbocycles. The molecule has 16 heavy (non-hydrogen) atoms. The minimum Gasteiger partial charge on any atom is -0.393 e. The van der Waals surface area contributed by atoms with Gasteiger partial charge in [0.05, 0.1) is 12.3 Å². The monoisotopic (exact) mass is 222 g/mol. The lowest BCUT2D eigenvalue weighted by Crippen LogP contribution is -2.28. The van der Waals surface area contributed by atoms with Gasteiger partial charge in [-0.3, -0.25) is 4.68 Å². The maximum Gasteiger partial charge on any atom is 0.0568 e. The maximum atomic E-state index is 9.95. The van der Waals surface area contributed by atoms with Crippen molar-refractivity contribution in [1.82, 2.24) is 9.78 Å². The number of hydrogen-bond donors (Lipinski definition) is 1. The third-order valence-electron chi connectivity index (χ3n) is 3.77. The fourth-order valence-electron chi connectivity index (χ4n) is 2.75. The van der Waals surface area contributed by atoms with Gasteiger partial charge < -0.3 is 5.11 Å². The van der Waals surface area contributed by atoms with E-state index in [0.29, 0.717) is 5.92 Å². The first-order valence-corrected chi connectivity index (χ1v) is 6.30. The summed E-state index contributed by atoms with van der Waals surface area (Å²) >= 11 is 0. The second-order valence-electron chi connectivity index (χ2n) is 5.31. The summed E-state index contributed by atoms with van der Waals surface area (Å²) in [6, 6.07) is 0. The zero-order chi connectivity index (χ0) is 11.5. The van der Waals surface area contributed by atoms with Crippen LogP contribution in [0, 0.1) is 11.8 Å². The molecule has 1 aliphatic carbocycles. The molecule has 1 fully saturated rings. The molecule has 1 aromatic heterocycles. The highest BCUT2D eigenvalue weighted by Crippen LogP contribution is 2.31. The molecule has 3 atom stereocenters. The molecule has 0 radical (unpaired) electrons. The van der Waals surface area contributed by atoms with Gasteiger partial charge in [0.1, 0.15) is 0 Å². The molecule has 1 heterocycles. The van der Waals surface area contributed by atoms with Gasteiger partial charge in [-0.25, -0.2) is 0 Å². The molecule has 90 valence electrons. The van der Waals surface area contributed by atoms with Crippen molar-refractivity contribution in [2.24, 2.45) is 18.9 Å². The van der Waals surface area contributed by atoms with E-state index in [1.807, 2.05) is 17.9 Å². The van der Waals surface area contributed by atoms with Crippen molar-refractivity contribution in [1.29, 1.82) is 0 Å². The average molecular weight is 222 g/mol. The largest absolute Gasteiger partial charge is 0.393 e. The summed E-state index contributed by atoms with van der Waals surface area (Å²) in [7, 11) is 1.95. The van der Waals surface area contributed by atoms with Crippen LogP contribution in [0.1, 0.15) is 38.2 Å². The highest BCUT2D eigenvalue weighted by molar-refractivity contribution is 5.04. The summed E-state index contributed by atoms with van der Waals surface area (Å²) < 4.78 is 1.84. The summed E-state index contributed by atoms with van der Waals surface area (Å²) in [6.45, 7) is 2.29. The Morgan fingerprint density at radius 1 is 1.50 bits per heavy atom. The van der Waals surface area contributed by atoms with Gasteiger partial charge >= 0.3 is 0 Å². The van der Waals surface area contributed by atoms with Crippen LogP contribution >= 0.6 is 0 Å². The number of nitrogens with zero attached hydrogens (tertiary/aromatic N) is 2. The fraction of sp³-hybridized carbons (Fsp3) is 0.769. The first kappa shape index (κ1) is 11.6. The molecule has 1 aromatic rings. The van der Waals surface area contributed by atoms with Crippen LogP contribution in [0.3, 0.4) is 0 Å². The zero-order valence-corrected chi connectivity index (χ0v) is 10.3. The normalized spacial score (nSPS) is 30.6. The zero-order valence-electron chi connectivity index (χ0n) is 10.3. The van der Waals surface area contributed by atoms with Gasteiger partial charge in [-0.05, 0) is 49.5 Å². The Labute approximate surface area is 97.5 Å². The molecular formula is C13H22N2O. The number of aliphatic hydroxyl groups is 1. The van der Waals surface area contributed by atoms with E-state index in [0.717, 1.165) is 25.2 Å². The van der Waals surface area contributed by atoms with Crippen molar-refractivity contribution in [2.75, 3.05) is 0 Å². The van der Waals surface area contributed by atoms with E-state index in [9.17, 15) is 5.11 Å². The second-order valence-corrected chi connectivity index (χ2v) is 5.31. The molecule has 0 spiro atoms. The van der Waals surface area contributed by atoms with Gasteiger partial charge in [-0.2, -0.15) is 5.10 Å².